The van der Waals surface area contributed by atoms with Gasteiger partial charge in [-0.25, -0.2) is 9.59 Å². The highest BCUT2D eigenvalue weighted by Gasteiger charge is 2.23. The largest absolute Gasteiger partial charge is 0.463 e. The second-order valence-corrected chi connectivity index (χ2v) is 6.77. The van der Waals surface area contributed by atoms with Gasteiger partial charge in [0.1, 0.15) is 0 Å². The third kappa shape index (κ3) is 5.10. The van der Waals surface area contributed by atoms with Crippen LogP contribution in [0.5, 0.6) is 0 Å². The number of nitrogens with one attached hydrogen (secondary N) is 3. The monoisotopic (exact) mass is 357 g/mol. The van der Waals surface area contributed by atoms with E-state index in [1.807, 2.05) is 0 Å². The van der Waals surface area contributed by atoms with Gasteiger partial charge in [0.2, 0.25) is 5.13 Å². The molecule has 0 bridgehead atoms. The Morgan fingerprint density at radius 3 is 3.00 bits per heavy atom. The van der Waals surface area contributed by atoms with Gasteiger partial charge in [-0.2, -0.15) is 0 Å². The fourth-order valence-corrected chi connectivity index (χ4v) is 3.54. The molecule has 0 aliphatic carbocycles. The van der Waals surface area contributed by atoms with E-state index in [0.717, 1.165) is 22.4 Å². The molecule has 0 atom stereocenters. The predicted molar refractivity (Wildman–Crippen MR) is 89.6 cm³/mol. The van der Waals surface area contributed by atoms with E-state index in [-0.39, 0.29) is 12.6 Å². The molecule has 0 unspecified atom stereocenters. The fraction of sp³-hybridized carbons (Fsp3) is 0.538. The highest BCUT2D eigenvalue weighted by molar-refractivity contribution is 8.01. The number of thioether (sulfide) groups is 1. The molecule has 0 saturated carbocycles. The standard InChI is InChI=1S/C13H19N5O3S2/c1-3-5-14-12-17-18-13(23-12)22-7-9-8(10(19)21-4-2)6-15-11(20)16-9/h3-7H2,1-2H3,(H,14,17)(H2,15,16,20). The molecule has 8 nitrogen and oxygen atoms in total. The SMILES string of the molecule is CCCNc1nnc(SCC2=C(C(=O)OCC)CNC(=O)N2)s1. The summed E-state index contributed by atoms with van der Waals surface area (Å²) in [5, 5.41) is 17.3. The third-order valence-corrected chi connectivity index (χ3v) is 4.89. The summed E-state index contributed by atoms with van der Waals surface area (Å²) >= 11 is 2.86. The van der Waals surface area contributed by atoms with Gasteiger partial charge in [-0.3, -0.25) is 0 Å². The number of rotatable bonds is 8. The van der Waals surface area contributed by atoms with Gasteiger partial charge in [-0.05, 0) is 13.3 Å². The topological polar surface area (TPSA) is 105 Å². The van der Waals surface area contributed by atoms with Crippen molar-refractivity contribution in [3.05, 3.63) is 11.3 Å². The number of amides is 2. The summed E-state index contributed by atoms with van der Waals surface area (Å²) in [6.07, 6.45) is 1.01. The van der Waals surface area contributed by atoms with E-state index in [0.29, 0.717) is 23.6 Å². The Morgan fingerprint density at radius 2 is 2.26 bits per heavy atom. The summed E-state index contributed by atoms with van der Waals surface area (Å²) < 4.78 is 5.79. The number of hydrogen-bond donors (Lipinski definition) is 3. The van der Waals surface area contributed by atoms with Crippen LogP contribution in [0.25, 0.3) is 0 Å². The van der Waals surface area contributed by atoms with Crippen LogP contribution >= 0.6 is 23.1 Å². The lowest BCUT2D eigenvalue weighted by Crippen LogP contribution is -2.44. The van der Waals surface area contributed by atoms with Gasteiger partial charge in [0.25, 0.3) is 0 Å². The lowest BCUT2D eigenvalue weighted by molar-refractivity contribution is -0.138. The van der Waals surface area contributed by atoms with Crippen LogP contribution in [-0.2, 0) is 9.53 Å². The van der Waals surface area contributed by atoms with Crippen LogP contribution < -0.4 is 16.0 Å². The van der Waals surface area contributed by atoms with Crippen molar-refractivity contribution in [2.75, 3.05) is 30.8 Å². The molecule has 1 aromatic heterocycles. The van der Waals surface area contributed by atoms with Crippen LogP contribution in [-0.4, -0.2) is 47.6 Å². The second-order valence-electron chi connectivity index (χ2n) is 4.57. The van der Waals surface area contributed by atoms with E-state index < -0.39 is 5.97 Å². The minimum Gasteiger partial charge on any atom is -0.463 e. The molecule has 0 spiro atoms. The Hall–Kier alpha value is -1.81. The summed E-state index contributed by atoms with van der Waals surface area (Å²) in [5.41, 5.74) is 0.989. The van der Waals surface area contributed by atoms with Gasteiger partial charge in [0.05, 0.1) is 18.7 Å². The molecule has 126 valence electrons. The second kappa shape index (κ2) is 8.73. The third-order valence-electron chi connectivity index (χ3n) is 2.85. The van der Waals surface area contributed by atoms with Crippen molar-refractivity contribution in [3.63, 3.8) is 0 Å². The van der Waals surface area contributed by atoms with Crippen LogP contribution in [0, 0.1) is 0 Å². The zero-order chi connectivity index (χ0) is 16.7. The van der Waals surface area contributed by atoms with Crippen LogP contribution in [0.15, 0.2) is 15.6 Å². The van der Waals surface area contributed by atoms with Gasteiger partial charge >= 0.3 is 12.0 Å². The molecule has 0 aromatic carbocycles. The highest BCUT2D eigenvalue weighted by atomic mass is 32.2. The van der Waals surface area contributed by atoms with Gasteiger partial charge in [0.15, 0.2) is 4.34 Å². The summed E-state index contributed by atoms with van der Waals surface area (Å²) in [6, 6.07) is -0.323. The number of urea groups is 1. The number of nitrogens with zero attached hydrogens (tertiary/aromatic N) is 2. The van der Waals surface area contributed by atoms with E-state index in [1.165, 1.54) is 23.1 Å². The highest BCUT2D eigenvalue weighted by Crippen LogP contribution is 2.27. The number of carbonyl (C=O) groups is 2. The smallest absolute Gasteiger partial charge is 0.337 e. The summed E-state index contributed by atoms with van der Waals surface area (Å²) in [4.78, 5) is 23.4. The van der Waals surface area contributed by atoms with Crippen molar-refractivity contribution >= 4 is 40.2 Å². The van der Waals surface area contributed by atoms with E-state index in [4.69, 9.17) is 4.74 Å². The minimum atomic E-state index is -0.418. The Labute approximate surface area is 142 Å². The molecule has 1 aliphatic heterocycles. The Morgan fingerprint density at radius 1 is 1.43 bits per heavy atom. The van der Waals surface area contributed by atoms with E-state index in [2.05, 4.69) is 33.1 Å². The lowest BCUT2D eigenvalue weighted by atomic mass is 10.2. The van der Waals surface area contributed by atoms with Crippen LogP contribution in [0.1, 0.15) is 20.3 Å². The molecular weight excluding hydrogens is 338 g/mol. The normalized spacial score (nSPS) is 14.3. The number of hydrogen-bond acceptors (Lipinski definition) is 8. The van der Waals surface area contributed by atoms with E-state index in [9.17, 15) is 9.59 Å². The van der Waals surface area contributed by atoms with E-state index >= 15 is 0 Å². The first-order chi connectivity index (χ1) is 11.1. The molecular formula is C13H19N5O3S2. The maximum atomic E-state index is 11.9. The quantitative estimate of drug-likeness (QED) is 0.479. The Balaban J connectivity index is 2.01. The van der Waals surface area contributed by atoms with Crippen molar-refractivity contribution in [2.24, 2.45) is 0 Å². The van der Waals surface area contributed by atoms with E-state index in [1.54, 1.807) is 6.92 Å². The molecule has 0 fully saturated rings. The predicted octanol–water partition coefficient (Wildman–Crippen LogP) is 1.58. The zero-order valence-electron chi connectivity index (χ0n) is 13.0. The Kier molecular flexibility index (Phi) is 6.66. The number of ether oxygens (including phenoxy) is 1. The first-order valence-corrected chi connectivity index (χ1v) is 9.08. The van der Waals surface area contributed by atoms with Crippen molar-refractivity contribution in [1.29, 1.82) is 0 Å². The van der Waals surface area contributed by atoms with Gasteiger partial charge in [0, 0.05) is 18.0 Å². The average Bonchev–Trinajstić information content (AvgIpc) is 2.99. The average molecular weight is 357 g/mol. The molecule has 0 saturated heterocycles. The molecule has 3 N–H and O–H groups in total. The molecule has 23 heavy (non-hydrogen) atoms. The Bertz CT molecular complexity index is 602. The van der Waals surface area contributed by atoms with Gasteiger partial charge in [-0.15, -0.1) is 10.2 Å². The minimum absolute atomic E-state index is 0.167. The first-order valence-electron chi connectivity index (χ1n) is 7.28. The number of aromatic nitrogens is 2. The number of esters is 1. The van der Waals surface area contributed by atoms with Gasteiger partial charge in [-0.1, -0.05) is 30.0 Å². The van der Waals surface area contributed by atoms with Crippen molar-refractivity contribution in [2.45, 2.75) is 24.6 Å². The zero-order valence-corrected chi connectivity index (χ0v) is 14.6. The van der Waals surface area contributed by atoms with Crippen molar-refractivity contribution in [3.8, 4) is 0 Å². The number of anilines is 1. The first kappa shape index (κ1) is 17.5. The maximum absolute atomic E-state index is 11.9. The van der Waals surface area contributed by atoms with Crippen molar-refractivity contribution in [1.82, 2.24) is 20.8 Å². The lowest BCUT2D eigenvalue weighted by Gasteiger charge is -2.20. The molecule has 2 heterocycles. The van der Waals surface area contributed by atoms with Crippen LogP contribution in [0.2, 0.25) is 0 Å². The number of carbonyl (C=O) groups excluding carboxylic acids is 2. The summed E-state index contributed by atoms with van der Waals surface area (Å²) in [7, 11) is 0. The fourth-order valence-electron chi connectivity index (χ4n) is 1.77. The molecule has 0 radical (unpaired) electrons. The van der Waals surface area contributed by atoms with Crippen LogP contribution in [0.4, 0.5) is 9.93 Å². The molecule has 2 rings (SSSR count). The molecule has 1 aliphatic rings. The summed E-state index contributed by atoms with van der Waals surface area (Å²) in [5.74, 6) is 0.00225. The van der Waals surface area contributed by atoms with Crippen molar-refractivity contribution < 1.29 is 14.3 Å². The summed E-state index contributed by atoms with van der Waals surface area (Å²) in [6.45, 7) is 5.12. The molecule has 10 heteroatoms. The van der Waals surface area contributed by atoms with Gasteiger partial charge < -0.3 is 20.7 Å². The van der Waals surface area contributed by atoms with Crippen LogP contribution in [0.3, 0.4) is 0 Å². The molecule has 2 amide bonds. The molecule has 1 aromatic rings. The maximum Gasteiger partial charge on any atom is 0.337 e.